The lowest BCUT2D eigenvalue weighted by Crippen LogP contribution is -2.68. The highest BCUT2D eigenvalue weighted by Crippen LogP contribution is 2.52. The Bertz CT molecular complexity index is 2930. The molecule has 3 heterocycles. The van der Waals surface area contributed by atoms with Gasteiger partial charge in [0.2, 0.25) is 5.69 Å². The number of aromatic nitrogens is 2. The van der Waals surface area contributed by atoms with Crippen molar-refractivity contribution in [2.24, 2.45) is 0 Å². The number of pyridine rings is 1. The Morgan fingerprint density at radius 1 is 0.431 bits per heavy atom. The van der Waals surface area contributed by atoms with Crippen molar-refractivity contribution in [2.75, 3.05) is 0 Å². The molecule has 0 aliphatic carbocycles. The van der Waals surface area contributed by atoms with Crippen LogP contribution in [0.1, 0.15) is 52.5 Å². The van der Waals surface area contributed by atoms with Crippen molar-refractivity contribution in [3.05, 3.63) is 194 Å². The van der Waals surface area contributed by atoms with Crippen molar-refractivity contribution in [1.29, 1.82) is 0 Å². The fourth-order valence-electron chi connectivity index (χ4n) is 10.5. The Morgan fingerprint density at radius 3 is 1.60 bits per heavy atom. The summed E-state index contributed by atoms with van der Waals surface area (Å²) in [7, 11) is 0. The molecular weight excluding hydrogens is 701 g/mol. The quantitative estimate of drug-likeness (QED) is 0.137. The molecule has 9 aromatic rings. The molecule has 0 radical (unpaired) electrons. The van der Waals surface area contributed by atoms with Crippen LogP contribution in [0.5, 0.6) is 0 Å². The smallest absolute Gasteiger partial charge is 0.213 e. The summed E-state index contributed by atoms with van der Waals surface area (Å²) >= 11 is 0. The second kappa shape index (κ2) is 14.1. The summed E-state index contributed by atoms with van der Waals surface area (Å²) < 4.78 is 5.01. The largest absolute Gasteiger partial charge is 0.309 e. The second-order valence-corrected chi connectivity index (χ2v) is 16.3. The van der Waals surface area contributed by atoms with Crippen LogP contribution in [0.15, 0.2) is 188 Å². The number of hydrogen-bond acceptors (Lipinski definition) is 0. The summed E-state index contributed by atoms with van der Waals surface area (Å²) in [6.07, 6.45) is 5.59. The van der Waals surface area contributed by atoms with Gasteiger partial charge in [-0.05, 0) is 124 Å². The van der Waals surface area contributed by atoms with E-state index in [0.717, 1.165) is 24.9 Å². The van der Waals surface area contributed by atoms with Gasteiger partial charge in [0.1, 0.15) is 0 Å². The molecule has 10 rings (SSSR count). The van der Waals surface area contributed by atoms with Crippen molar-refractivity contribution in [2.45, 2.75) is 57.9 Å². The van der Waals surface area contributed by atoms with Crippen LogP contribution in [-0.4, -0.2) is 4.57 Å². The van der Waals surface area contributed by atoms with E-state index in [9.17, 15) is 0 Å². The summed E-state index contributed by atoms with van der Waals surface area (Å²) in [5.74, 6) is 0. The van der Waals surface area contributed by atoms with E-state index >= 15 is 0 Å². The van der Waals surface area contributed by atoms with E-state index in [4.69, 9.17) is 0 Å². The molecule has 2 aromatic heterocycles. The van der Waals surface area contributed by atoms with Crippen LogP contribution in [0, 0.1) is 0 Å². The molecule has 0 saturated heterocycles. The molecule has 1 aliphatic rings. The van der Waals surface area contributed by atoms with Crippen LogP contribution in [0.4, 0.5) is 0 Å². The second-order valence-electron chi connectivity index (χ2n) is 16.3. The van der Waals surface area contributed by atoms with Gasteiger partial charge >= 0.3 is 0 Å². The summed E-state index contributed by atoms with van der Waals surface area (Å²) in [6.45, 7) is 9.60. The van der Waals surface area contributed by atoms with Crippen molar-refractivity contribution in [3.63, 3.8) is 0 Å². The van der Waals surface area contributed by atoms with Gasteiger partial charge in [-0.15, -0.1) is 0 Å². The molecule has 0 amide bonds. The van der Waals surface area contributed by atoms with E-state index in [1.807, 2.05) is 0 Å². The first-order valence-corrected chi connectivity index (χ1v) is 21.0. The molecule has 282 valence electrons. The summed E-state index contributed by atoms with van der Waals surface area (Å²) in [4.78, 5) is 0. The Labute approximate surface area is 342 Å². The summed E-state index contributed by atoms with van der Waals surface area (Å²) in [5.41, 5.74) is 17.4. The monoisotopic (exact) mass is 749 g/mol. The molecule has 1 aliphatic heterocycles. The maximum absolute atomic E-state index is 2.60. The number of hydrogen-bond donors (Lipinski definition) is 0. The third-order valence-corrected chi connectivity index (χ3v) is 13.7. The topological polar surface area (TPSA) is 8.81 Å². The lowest BCUT2D eigenvalue weighted by atomic mass is 9.58. The van der Waals surface area contributed by atoms with E-state index < -0.39 is 0 Å². The van der Waals surface area contributed by atoms with Gasteiger partial charge in [0, 0.05) is 41.4 Å². The number of para-hydroxylation sites is 2. The van der Waals surface area contributed by atoms with E-state index in [-0.39, 0.29) is 11.0 Å². The van der Waals surface area contributed by atoms with E-state index in [1.165, 1.54) is 83.1 Å². The van der Waals surface area contributed by atoms with Crippen molar-refractivity contribution in [3.8, 4) is 61.5 Å². The molecule has 0 N–H and O–H groups in total. The maximum Gasteiger partial charge on any atom is 0.213 e. The zero-order chi connectivity index (χ0) is 39.4. The molecule has 7 aromatic carbocycles. The van der Waals surface area contributed by atoms with Gasteiger partial charge in [0.25, 0.3) is 0 Å². The predicted octanol–water partition coefficient (Wildman–Crippen LogP) is 14.6. The first-order chi connectivity index (χ1) is 28.5. The third-order valence-electron chi connectivity index (χ3n) is 13.7. The summed E-state index contributed by atoms with van der Waals surface area (Å²) in [6, 6.07) is 67.5. The molecule has 1 unspecified atom stereocenters. The Kier molecular flexibility index (Phi) is 8.75. The molecule has 0 saturated carbocycles. The van der Waals surface area contributed by atoms with Crippen LogP contribution in [0.25, 0.3) is 83.3 Å². The van der Waals surface area contributed by atoms with Gasteiger partial charge in [-0.3, -0.25) is 0 Å². The highest BCUT2D eigenvalue weighted by Gasteiger charge is 2.58. The van der Waals surface area contributed by atoms with Crippen LogP contribution >= 0.6 is 0 Å². The highest BCUT2D eigenvalue weighted by molar-refractivity contribution is 6.09. The zero-order valence-corrected chi connectivity index (χ0v) is 33.9. The Balaban J connectivity index is 1.10. The molecule has 0 fully saturated rings. The third kappa shape index (κ3) is 5.50. The average molecular weight is 750 g/mol. The molecule has 0 spiro atoms. The molecule has 0 bridgehead atoms. The number of nitrogens with zero attached hydrogens (tertiary/aromatic N) is 2. The minimum atomic E-state index is 0.0123. The fourth-order valence-corrected chi connectivity index (χ4v) is 10.5. The Hall–Kier alpha value is -6.51. The molecular formula is C56H49N2+. The number of benzene rings is 7. The van der Waals surface area contributed by atoms with Crippen LogP contribution in [0.3, 0.4) is 0 Å². The SMILES string of the molecule is CCC1(C)c2ccc(-c3cccc(-c4cc(-c5ccccc5)cc(-c5cccc(-n6c7ccccc7c7ccccc76)c5)c4)c3)cc2-c2cccc[n+]2C1(CC)CC. The fraction of sp³-hybridized carbons (Fsp3) is 0.161. The van der Waals surface area contributed by atoms with E-state index in [1.54, 1.807) is 0 Å². The molecule has 58 heavy (non-hydrogen) atoms. The molecule has 2 heteroatoms. The van der Waals surface area contributed by atoms with Crippen LogP contribution < -0.4 is 4.57 Å². The van der Waals surface area contributed by atoms with Crippen LogP contribution in [0.2, 0.25) is 0 Å². The standard InChI is InChI=1S/C56H49N2/c1-5-55(4)51-31-30-43(38-50(51)52-27-15-16-32-57(52)56(55,6-2)7-3)40-21-17-22-41(33-40)45-34-44(39-19-9-8-10-20-39)35-46(36-45)42-23-18-24-47(37-42)58-53-28-13-11-25-48(53)49-26-12-14-29-54(49)58/h8-38H,5-7H2,1-4H3/q+1. The predicted molar refractivity (Wildman–Crippen MR) is 244 cm³/mol. The average Bonchev–Trinajstić information content (AvgIpc) is 3.64. The van der Waals surface area contributed by atoms with Crippen molar-refractivity contribution < 1.29 is 4.57 Å². The van der Waals surface area contributed by atoms with Gasteiger partial charge in [-0.25, -0.2) is 0 Å². The van der Waals surface area contributed by atoms with Gasteiger partial charge < -0.3 is 4.57 Å². The number of fused-ring (bicyclic) bond motifs is 6. The minimum absolute atomic E-state index is 0.0123. The normalized spacial score (nSPS) is 15.7. The van der Waals surface area contributed by atoms with Gasteiger partial charge in [0.05, 0.1) is 22.0 Å². The molecule has 2 nitrogen and oxygen atoms in total. The van der Waals surface area contributed by atoms with Crippen LogP contribution in [-0.2, 0) is 11.0 Å². The lowest BCUT2D eigenvalue weighted by Gasteiger charge is -2.47. The highest BCUT2D eigenvalue weighted by atomic mass is 15.1. The Morgan fingerprint density at radius 2 is 0.948 bits per heavy atom. The van der Waals surface area contributed by atoms with Crippen molar-refractivity contribution in [1.82, 2.24) is 4.57 Å². The first-order valence-electron chi connectivity index (χ1n) is 21.0. The van der Waals surface area contributed by atoms with Gasteiger partial charge in [-0.1, -0.05) is 130 Å². The number of rotatable bonds is 8. The van der Waals surface area contributed by atoms with Crippen molar-refractivity contribution >= 4 is 21.8 Å². The minimum Gasteiger partial charge on any atom is -0.309 e. The first kappa shape index (κ1) is 35.9. The van der Waals surface area contributed by atoms with E-state index in [0.29, 0.717) is 0 Å². The summed E-state index contributed by atoms with van der Waals surface area (Å²) in [5, 5.41) is 2.54. The van der Waals surface area contributed by atoms with Gasteiger partial charge in [0.15, 0.2) is 11.7 Å². The maximum atomic E-state index is 2.60. The molecule has 1 atom stereocenters. The van der Waals surface area contributed by atoms with Gasteiger partial charge in [-0.2, -0.15) is 4.57 Å². The zero-order valence-electron chi connectivity index (χ0n) is 33.9. The lowest BCUT2D eigenvalue weighted by molar-refractivity contribution is -0.769. The van der Waals surface area contributed by atoms with E-state index in [2.05, 4.69) is 225 Å².